The highest BCUT2D eigenvalue weighted by Crippen LogP contribution is 2.33. The molecule has 10 nitrogen and oxygen atoms in total. The number of hydrogen-bond donors (Lipinski definition) is 0. The van der Waals surface area contributed by atoms with Crippen molar-refractivity contribution in [2.75, 3.05) is 63.9 Å². The van der Waals surface area contributed by atoms with E-state index in [1.165, 1.54) is 21.3 Å². The van der Waals surface area contributed by atoms with Gasteiger partial charge in [-0.2, -0.15) is 4.31 Å². The fourth-order valence-corrected chi connectivity index (χ4v) is 7.31. The molecule has 2 aliphatic heterocycles. The van der Waals surface area contributed by atoms with E-state index in [4.69, 9.17) is 16.3 Å². The first-order valence-electron chi connectivity index (χ1n) is 12.4. The quantitative estimate of drug-likeness (QED) is 0.458. The highest BCUT2D eigenvalue weighted by Gasteiger charge is 2.31. The number of piperazine rings is 2. The normalized spacial score (nSPS) is 17.2. The molecule has 0 radical (unpaired) electrons. The van der Waals surface area contributed by atoms with Gasteiger partial charge >= 0.3 is 6.09 Å². The zero-order valence-corrected chi connectivity index (χ0v) is 23.3. The van der Waals surface area contributed by atoms with E-state index in [0.717, 1.165) is 15.3 Å². The van der Waals surface area contributed by atoms with Crippen LogP contribution in [0.5, 0.6) is 0 Å². The van der Waals surface area contributed by atoms with Crippen LogP contribution in [0.2, 0.25) is 5.02 Å². The summed E-state index contributed by atoms with van der Waals surface area (Å²) in [6, 6.07) is 11.8. The minimum atomic E-state index is -3.74. The third-order valence-corrected chi connectivity index (χ3v) is 10.00. The van der Waals surface area contributed by atoms with Crippen molar-refractivity contribution in [3.05, 3.63) is 53.1 Å². The molecule has 13 heteroatoms. The Morgan fingerprint density at radius 1 is 0.947 bits per heavy atom. The van der Waals surface area contributed by atoms with Crippen molar-refractivity contribution in [2.45, 2.75) is 11.8 Å². The van der Waals surface area contributed by atoms with Crippen molar-refractivity contribution < 1.29 is 22.7 Å². The molecule has 3 heterocycles. The minimum Gasteiger partial charge on any atom is -0.450 e. The molecule has 2 aliphatic rings. The van der Waals surface area contributed by atoms with Gasteiger partial charge in [0.2, 0.25) is 10.0 Å². The fourth-order valence-electron chi connectivity index (χ4n) is 4.57. The molecule has 2 fully saturated rings. The molecule has 0 saturated carbocycles. The number of halogens is 1. The maximum Gasteiger partial charge on any atom is 0.409 e. The van der Waals surface area contributed by atoms with Crippen LogP contribution in [0.25, 0.3) is 10.2 Å². The molecule has 0 spiro atoms. The van der Waals surface area contributed by atoms with Crippen LogP contribution in [0, 0.1) is 0 Å². The first-order chi connectivity index (χ1) is 18.3. The van der Waals surface area contributed by atoms with E-state index in [0.29, 0.717) is 36.8 Å². The van der Waals surface area contributed by atoms with E-state index in [-0.39, 0.29) is 43.6 Å². The van der Waals surface area contributed by atoms with Crippen LogP contribution >= 0.6 is 22.9 Å². The second-order valence-electron chi connectivity index (χ2n) is 8.98. The number of aromatic nitrogens is 1. The Labute approximate surface area is 230 Å². The molecule has 0 aliphatic carbocycles. The number of thiazole rings is 1. The first kappa shape index (κ1) is 26.7. The minimum absolute atomic E-state index is 0.123. The number of benzene rings is 2. The summed E-state index contributed by atoms with van der Waals surface area (Å²) in [4.78, 5) is 35.2. The number of carbonyl (C=O) groups is 2. The Morgan fingerprint density at radius 2 is 1.61 bits per heavy atom. The lowest BCUT2D eigenvalue weighted by Crippen LogP contribution is -2.50. The maximum atomic E-state index is 13.1. The summed E-state index contributed by atoms with van der Waals surface area (Å²) in [5.74, 6) is -0.135. The van der Waals surface area contributed by atoms with Crippen LogP contribution in [0.15, 0.2) is 47.4 Å². The Kier molecular flexibility index (Phi) is 7.75. The number of nitrogens with zero attached hydrogens (tertiary/aromatic N) is 5. The van der Waals surface area contributed by atoms with Crippen LogP contribution < -0.4 is 4.90 Å². The lowest BCUT2D eigenvalue weighted by atomic mass is 10.2. The molecule has 2 amide bonds. The monoisotopic (exact) mass is 577 g/mol. The number of anilines is 1. The molecule has 3 aromatic rings. The van der Waals surface area contributed by atoms with Gasteiger partial charge in [0.1, 0.15) is 5.52 Å². The number of para-hydroxylation sites is 1. The lowest BCUT2D eigenvalue weighted by Gasteiger charge is -2.34. The molecular formula is C25H28ClN5O5S2. The van der Waals surface area contributed by atoms with Gasteiger partial charge in [0.25, 0.3) is 5.91 Å². The van der Waals surface area contributed by atoms with E-state index >= 15 is 0 Å². The van der Waals surface area contributed by atoms with Crippen molar-refractivity contribution >= 4 is 60.3 Å². The van der Waals surface area contributed by atoms with Crippen molar-refractivity contribution in [3.63, 3.8) is 0 Å². The number of carbonyl (C=O) groups excluding carboxylic acids is 2. The summed E-state index contributed by atoms with van der Waals surface area (Å²) in [6.07, 6.45) is -0.433. The number of rotatable bonds is 5. The molecule has 2 aromatic carbocycles. The average Bonchev–Trinajstić information content (AvgIpc) is 3.39. The summed E-state index contributed by atoms with van der Waals surface area (Å²) in [6.45, 7) is 5.28. The van der Waals surface area contributed by atoms with Gasteiger partial charge in [0, 0.05) is 57.9 Å². The molecule has 0 unspecified atom stereocenters. The van der Waals surface area contributed by atoms with Crippen LogP contribution in [-0.4, -0.2) is 98.5 Å². The summed E-state index contributed by atoms with van der Waals surface area (Å²) < 4.78 is 33.6. The van der Waals surface area contributed by atoms with Gasteiger partial charge in [0.05, 0.1) is 21.2 Å². The Balaban J connectivity index is 1.18. The topological polar surface area (TPSA) is 103 Å². The van der Waals surface area contributed by atoms with Crippen molar-refractivity contribution in [2.24, 2.45) is 0 Å². The van der Waals surface area contributed by atoms with Crippen LogP contribution in [0.3, 0.4) is 0 Å². The molecule has 2 saturated heterocycles. The molecular weight excluding hydrogens is 550 g/mol. The van der Waals surface area contributed by atoms with E-state index < -0.39 is 16.1 Å². The largest absolute Gasteiger partial charge is 0.450 e. The van der Waals surface area contributed by atoms with Gasteiger partial charge in [-0.25, -0.2) is 18.2 Å². The zero-order chi connectivity index (χ0) is 26.9. The smallest absolute Gasteiger partial charge is 0.409 e. The Hall–Kier alpha value is -2.93. The second kappa shape index (κ2) is 11.0. The number of hydrogen-bond acceptors (Lipinski definition) is 8. The SMILES string of the molecule is CCOC(=O)N1CCN(S(=O)(=O)c2ccc(C(=O)N3CCN(c4nc5c(Cl)cccc5s4)CC3)cc2)CC1. The summed E-state index contributed by atoms with van der Waals surface area (Å²) in [5, 5.41) is 1.51. The Morgan fingerprint density at radius 3 is 2.24 bits per heavy atom. The molecule has 0 bridgehead atoms. The zero-order valence-electron chi connectivity index (χ0n) is 20.9. The molecule has 0 atom stereocenters. The van der Waals surface area contributed by atoms with Crippen molar-refractivity contribution in [1.82, 2.24) is 19.1 Å². The lowest BCUT2D eigenvalue weighted by molar-refractivity contribution is 0.0746. The predicted molar refractivity (Wildman–Crippen MR) is 147 cm³/mol. The van der Waals surface area contributed by atoms with Gasteiger partial charge in [-0.3, -0.25) is 4.79 Å². The van der Waals surface area contributed by atoms with Gasteiger partial charge in [0.15, 0.2) is 5.13 Å². The average molecular weight is 578 g/mol. The van der Waals surface area contributed by atoms with E-state index in [1.807, 2.05) is 18.2 Å². The molecule has 5 rings (SSSR count). The van der Waals surface area contributed by atoms with Crippen LogP contribution in [-0.2, 0) is 14.8 Å². The summed E-state index contributed by atoms with van der Waals surface area (Å²) in [7, 11) is -3.74. The van der Waals surface area contributed by atoms with Gasteiger partial charge in [-0.15, -0.1) is 0 Å². The predicted octanol–water partition coefficient (Wildman–Crippen LogP) is 3.37. The Bertz CT molecular complexity index is 1430. The van der Waals surface area contributed by atoms with E-state index in [1.54, 1.807) is 35.3 Å². The molecule has 38 heavy (non-hydrogen) atoms. The number of fused-ring (bicyclic) bond motifs is 1. The van der Waals surface area contributed by atoms with Gasteiger partial charge in [-0.05, 0) is 43.3 Å². The summed E-state index contributed by atoms with van der Waals surface area (Å²) >= 11 is 7.85. The third-order valence-electron chi connectivity index (χ3n) is 6.70. The van der Waals surface area contributed by atoms with Gasteiger partial charge < -0.3 is 19.4 Å². The second-order valence-corrected chi connectivity index (χ2v) is 12.3. The number of ether oxygens (including phenoxy) is 1. The van der Waals surface area contributed by atoms with Crippen molar-refractivity contribution in [3.8, 4) is 0 Å². The molecule has 0 N–H and O–H groups in total. The van der Waals surface area contributed by atoms with Crippen LogP contribution in [0.4, 0.5) is 9.93 Å². The first-order valence-corrected chi connectivity index (χ1v) is 15.0. The fraction of sp³-hybridized carbons (Fsp3) is 0.400. The van der Waals surface area contributed by atoms with Gasteiger partial charge in [-0.1, -0.05) is 29.0 Å². The van der Waals surface area contributed by atoms with Crippen molar-refractivity contribution in [1.29, 1.82) is 0 Å². The third kappa shape index (κ3) is 5.31. The number of sulfonamides is 1. The highest BCUT2D eigenvalue weighted by atomic mass is 35.5. The van der Waals surface area contributed by atoms with Crippen LogP contribution in [0.1, 0.15) is 17.3 Å². The maximum absolute atomic E-state index is 13.1. The summed E-state index contributed by atoms with van der Waals surface area (Å²) in [5.41, 5.74) is 1.24. The standard InChI is InChI=1S/C25H28ClN5O5S2/c1-2-36-25(33)30-14-16-31(17-15-30)38(34,35)19-8-6-18(7-9-19)23(32)28-10-12-29(13-11-28)24-27-22-20(26)4-3-5-21(22)37-24/h3-9H,2,10-17H2,1H3. The van der Waals surface area contributed by atoms with E-state index in [9.17, 15) is 18.0 Å². The number of amides is 2. The van der Waals surface area contributed by atoms with E-state index in [2.05, 4.69) is 9.88 Å². The highest BCUT2D eigenvalue weighted by molar-refractivity contribution is 7.89. The molecule has 1 aromatic heterocycles. The molecule has 202 valence electrons.